The van der Waals surface area contributed by atoms with Crippen LogP contribution in [0.15, 0.2) is 48.5 Å². The molecule has 214 valence electrons. The minimum Gasteiger partial charge on any atom is -0.466 e. The van der Waals surface area contributed by atoms with E-state index in [0.717, 1.165) is 41.9 Å². The fourth-order valence-corrected chi connectivity index (χ4v) is 5.09. The molecule has 2 aromatic rings. The van der Waals surface area contributed by atoms with Crippen LogP contribution in [0.5, 0.6) is 0 Å². The normalized spacial score (nSPS) is 13.4. The van der Waals surface area contributed by atoms with Crippen molar-refractivity contribution in [2.75, 3.05) is 6.61 Å². The molecule has 0 aromatic heterocycles. The van der Waals surface area contributed by atoms with Gasteiger partial charge in [-0.15, -0.1) is 0 Å². The highest BCUT2D eigenvalue weighted by Gasteiger charge is 2.31. The van der Waals surface area contributed by atoms with Gasteiger partial charge in [-0.05, 0) is 69.2 Å². The lowest BCUT2D eigenvalue weighted by atomic mass is 9.86. The molecule has 0 saturated carbocycles. The quantitative estimate of drug-likeness (QED) is 0.127. The Kier molecular flexibility index (Phi) is 12.6. The summed E-state index contributed by atoms with van der Waals surface area (Å²) in [6.45, 7) is 15.0. The first-order valence-corrected chi connectivity index (χ1v) is 18.1. The van der Waals surface area contributed by atoms with Crippen molar-refractivity contribution in [3.63, 3.8) is 0 Å². The van der Waals surface area contributed by atoms with Crippen molar-refractivity contribution in [2.45, 2.75) is 97.5 Å². The van der Waals surface area contributed by atoms with E-state index in [4.69, 9.17) is 9.47 Å². The fraction of sp³-hybridized carbons (Fsp3) is 0.545. The van der Waals surface area contributed by atoms with E-state index in [1.165, 1.54) is 0 Å². The first-order chi connectivity index (χ1) is 18.3. The number of rotatable bonds is 15. The van der Waals surface area contributed by atoms with Gasteiger partial charge in [-0.1, -0.05) is 87.9 Å². The molecule has 0 spiro atoms. The molecule has 0 saturated heterocycles. The van der Waals surface area contributed by atoms with Gasteiger partial charge in [0, 0.05) is 13.6 Å². The summed E-state index contributed by atoms with van der Waals surface area (Å²) in [4.78, 5) is 37.3. The van der Waals surface area contributed by atoms with Crippen LogP contribution < -0.4 is 0 Å². The van der Waals surface area contributed by atoms with E-state index in [2.05, 4.69) is 50.8 Å². The third-order valence-electron chi connectivity index (χ3n) is 6.76. The second-order valence-corrected chi connectivity index (χ2v) is 18.4. The van der Waals surface area contributed by atoms with Gasteiger partial charge in [0.05, 0.1) is 18.4 Å². The van der Waals surface area contributed by atoms with E-state index in [1.54, 1.807) is 0 Å². The van der Waals surface area contributed by atoms with Gasteiger partial charge < -0.3 is 9.47 Å². The van der Waals surface area contributed by atoms with E-state index in [0.29, 0.717) is 37.9 Å². The molecule has 0 unspecified atom stereocenters. The number of esters is 2. The Hall–Kier alpha value is -2.73. The molecule has 5 nitrogen and oxygen atoms in total. The first-order valence-electron chi connectivity index (χ1n) is 14.4. The highest BCUT2D eigenvalue weighted by atomic mass is 28.3. The number of unbranched alkanes of at least 4 members (excludes halogenated alkanes) is 1. The van der Waals surface area contributed by atoms with Crippen LogP contribution in [0.3, 0.4) is 0 Å². The molecule has 0 fully saturated rings. The van der Waals surface area contributed by atoms with Gasteiger partial charge >= 0.3 is 11.9 Å². The molecule has 0 radical (unpaired) electrons. The molecule has 0 aliphatic heterocycles. The third kappa shape index (κ3) is 12.3. The molecule has 0 bridgehead atoms. The van der Waals surface area contributed by atoms with E-state index in [9.17, 15) is 14.4 Å². The number of hydrogen-bond donors (Lipinski definition) is 0. The molecule has 2 rings (SSSR count). The van der Waals surface area contributed by atoms with Crippen LogP contribution in [-0.2, 0) is 25.5 Å². The second kappa shape index (κ2) is 15.2. The maximum absolute atomic E-state index is 13.3. The van der Waals surface area contributed by atoms with Crippen LogP contribution in [-0.4, -0.2) is 38.5 Å². The van der Waals surface area contributed by atoms with E-state index >= 15 is 0 Å². The topological polar surface area (TPSA) is 69.7 Å². The number of ether oxygens (including phenoxy) is 2. The molecular formula is C33H48O5Si. The Labute approximate surface area is 236 Å². The largest absolute Gasteiger partial charge is 0.466 e. The van der Waals surface area contributed by atoms with Crippen LogP contribution >= 0.6 is 0 Å². The molecule has 39 heavy (non-hydrogen) atoms. The predicted molar refractivity (Wildman–Crippen MR) is 162 cm³/mol. The van der Waals surface area contributed by atoms with E-state index in [-0.39, 0.29) is 23.8 Å². The number of carbonyl (C=O) groups is 3. The molecule has 2 atom stereocenters. The molecule has 6 heteroatoms. The minimum absolute atomic E-state index is 0.204. The van der Waals surface area contributed by atoms with Crippen molar-refractivity contribution < 1.29 is 23.9 Å². The summed E-state index contributed by atoms with van der Waals surface area (Å²) in [7, 11) is -1.33. The Balaban J connectivity index is 2.15. The van der Waals surface area contributed by atoms with Crippen molar-refractivity contribution in [3.8, 4) is 11.1 Å². The zero-order chi connectivity index (χ0) is 29.1. The molecule has 0 aliphatic carbocycles. The maximum Gasteiger partial charge on any atom is 0.309 e. The number of carbonyl (C=O) groups excluding carboxylic acids is 3. The van der Waals surface area contributed by atoms with Gasteiger partial charge in [0.2, 0.25) is 0 Å². The third-order valence-corrected chi connectivity index (χ3v) is 8.46. The van der Waals surface area contributed by atoms with Crippen LogP contribution in [0, 0.1) is 11.8 Å². The number of hydrogen-bond acceptors (Lipinski definition) is 5. The van der Waals surface area contributed by atoms with Crippen molar-refractivity contribution >= 4 is 26.3 Å². The number of aryl methyl sites for hydroxylation is 1. The van der Waals surface area contributed by atoms with Gasteiger partial charge in [0.1, 0.15) is 11.9 Å². The Morgan fingerprint density at radius 1 is 0.872 bits per heavy atom. The Morgan fingerprint density at radius 3 is 1.95 bits per heavy atom. The number of benzene rings is 2. The van der Waals surface area contributed by atoms with E-state index in [1.807, 2.05) is 45.0 Å². The standard InChI is InChI=1S/C33H48O5Si/c1-8-9-10-29(32(36)38-33(2,3)4)23-30(31(35)37-21-22-39(5,6)7)20-13-25-11-16-27(17-12-25)28-18-14-26(24-34)15-19-28/h11-12,14-19,24,29-30H,8-10,13,20-23H2,1-7H3/t29-,30+/m1/s1. The maximum atomic E-state index is 13.3. The average molecular weight is 553 g/mol. The summed E-state index contributed by atoms with van der Waals surface area (Å²) < 4.78 is 11.5. The second-order valence-electron chi connectivity index (χ2n) is 12.8. The van der Waals surface area contributed by atoms with Gasteiger partial charge in [-0.3, -0.25) is 14.4 Å². The molecule has 0 N–H and O–H groups in total. The van der Waals surface area contributed by atoms with Crippen LogP contribution in [0.4, 0.5) is 0 Å². The van der Waals surface area contributed by atoms with Gasteiger partial charge in [-0.25, -0.2) is 0 Å². The molecule has 0 heterocycles. The van der Waals surface area contributed by atoms with Crippen molar-refractivity contribution in [1.29, 1.82) is 0 Å². The molecule has 0 amide bonds. The average Bonchev–Trinajstić information content (AvgIpc) is 2.86. The summed E-state index contributed by atoms with van der Waals surface area (Å²) in [6.07, 6.45) is 5.22. The number of aldehydes is 1. The Bertz CT molecular complexity index is 1050. The lowest BCUT2D eigenvalue weighted by Gasteiger charge is -2.26. The zero-order valence-electron chi connectivity index (χ0n) is 25.0. The fourth-order valence-electron chi connectivity index (χ4n) is 4.38. The van der Waals surface area contributed by atoms with Crippen LogP contribution in [0.2, 0.25) is 25.7 Å². The van der Waals surface area contributed by atoms with Crippen molar-refractivity contribution in [2.24, 2.45) is 11.8 Å². The first kappa shape index (κ1) is 32.5. The predicted octanol–water partition coefficient (Wildman–Crippen LogP) is 8.13. The highest BCUT2D eigenvalue weighted by Crippen LogP contribution is 2.28. The summed E-state index contributed by atoms with van der Waals surface area (Å²) in [5.41, 5.74) is 3.34. The minimum atomic E-state index is -1.33. The summed E-state index contributed by atoms with van der Waals surface area (Å²) in [6, 6.07) is 16.7. The van der Waals surface area contributed by atoms with Crippen molar-refractivity contribution in [3.05, 3.63) is 59.7 Å². The van der Waals surface area contributed by atoms with Crippen molar-refractivity contribution in [1.82, 2.24) is 0 Å². The zero-order valence-corrected chi connectivity index (χ0v) is 26.0. The van der Waals surface area contributed by atoms with Crippen LogP contribution in [0.25, 0.3) is 11.1 Å². The summed E-state index contributed by atoms with van der Waals surface area (Å²) >= 11 is 0. The van der Waals surface area contributed by atoms with Gasteiger partial charge in [0.15, 0.2) is 0 Å². The summed E-state index contributed by atoms with van der Waals surface area (Å²) in [5, 5.41) is 0. The molecule has 0 aliphatic rings. The Morgan fingerprint density at radius 2 is 1.44 bits per heavy atom. The van der Waals surface area contributed by atoms with Gasteiger partial charge in [-0.2, -0.15) is 0 Å². The molecule has 2 aromatic carbocycles. The lowest BCUT2D eigenvalue weighted by Crippen LogP contribution is -2.32. The monoisotopic (exact) mass is 552 g/mol. The highest BCUT2D eigenvalue weighted by molar-refractivity contribution is 6.76. The molecular weight excluding hydrogens is 504 g/mol. The lowest BCUT2D eigenvalue weighted by molar-refractivity contribution is -0.162. The summed E-state index contributed by atoms with van der Waals surface area (Å²) in [5.74, 6) is -1.11. The smallest absolute Gasteiger partial charge is 0.309 e. The SMILES string of the molecule is CCCC[C@H](C[C@H](CCc1ccc(-c2ccc(C=O)cc2)cc1)C(=O)OCC[Si](C)(C)C)C(=O)OC(C)(C)C. The van der Waals surface area contributed by atoms with Gasteiger partial charge in [0.25, 0.3) is 0 Å². The van der Waals surface area contributed by atoms with E-state index < -0.39 is 13.7 Å². The van der Waals surface area contributed by atoms with Crippen LogP contribution in [0.1, 0.15) is 75.7 Å².